The quantitative estimate of drug-likeness (QED) is 0.585. The van der Waals surface area contributed by atoms with E-state index in [1.807, 2.05) is 38.1 Å². The highest BCUT2D eigenvalue weighted by Gasteiger charge is 2.09. The summed E-state index contributed by atoms with van der Waals surface area (Å²) < 4.78 is 5.13. The topological polar surface area (TPSA) is 64.3 Å². The van der Waals surface area contributed by atoms with Crippen LogP contribution in [0.1, 0.15) is 31.9 Å². The lowest BCUT2D eigenvalue weighted by molar-refractivity contribution is -0.122. The summed E-state index contributed by atoms with van der Waals surface area (Å²) in [7, 11) is 0. The number of nitrogens with two attached hydrogens (primary N) is 1. The largest absolute Gasteiger partial charge is 0.399 e. The first kappa shape index (κ1) is 13.5. The molecule has 0 radical (unpaired) electrons. The van der Waals surface area contributed by atoms with Crippen molar-refractivity contribution in [3.05, 3.63) is 29.8 Å². The Kier molecular flexibility index (Phi) is 5.49. The molecule has 0 heterocycles. The highest BCUT2D eigenvalue weighted by molar-refractivity contribution is 5.76. The molecular weight excluding hydrogens is 216 g/mol. The molecule has 0 saturated carbocycles. The average Bonchev–Trinajstić information content (AvgIpc) is 2.29. The van der Waals surface area contributed by atoms with E-state index in [9.17, 15) is 4.79 Å². The monoisotopic (exact) mass is 236 g/mol. The fraction of sp³-hybridized carbons (Fsp3) is 0.462. The van der Waals surface area contributed by atoms with Crippen LogP contribution < -0.4 is 11.1 Å². The van der Waals surface area contributed by atoms with Gasteiger partial charge in [0.25, 0.3) is 0 Å². The van der Waals surface area contributed by atoms with Gasteiger partial charge in [-0.15, -0.1) is 0 Å². The van der Waals surface area contributed by atoms with Gasteiger partial charge >= 0.3 is 0 Å². The minimum absolute atomic E-state index is 0.00613. The number of carbonyl (C=O) groups excluding carboxylic acids is 1. The van der Waals surface area contributed by atoms with Crippen molar-refractivity contribution >= 4 is 11.6 Å². The third-order valence-corrected chi connectivity index (χ3v) is 2.47. The standard InChI is InChI=1S/C13H20N2O2/c1-3-17-8-7-13(16)15-10(2)11-5-4-6-12(14)9-11/h4-6,9-10H,3,7-8,14H2,1-2H3,(H,15,16). The Morgan fingerprint density at radius 1 is 1.53 bits per heavy atom. The van der Waals surface area contributed by atoms with E-state index in [-0.39, 0.29) is 11.9 Å². The van der Waals surface area contributed by atoms with E-state index < -0.39 is 0 Å². The predicted molar refractivity (Wildman–Crippen MR) is 68.5 cm³/mol. The number of nitrogens with one attached hydrogen (secondary N) is 1. The Morgan fingerprint density at radius 3 is 2.94 bits per heavy atom. The lowest BCUT2D eigenvalue weighted by Crippen LogP contribution is -2.27. The lowest BCUT2D eigenvalue weighted by Gasteiger charge is -2.14. The van der Waals surface area contributed by atoms with Crippen molar-refractivity contribution in [2.24, 2.45) is 0 Å². The van der Waals surface area contributed by atoms with Gasteiger partial charge in [-0.1, -0.05) is 12.1 Å². The van der Waals surface area contributed by atoms with Gasteiger partial charge in [0.2, 0.25) is 5.91 Å². The smallest absolute Gasteiger partial charge is 0.222 e. The molecule has 4 heteroatoms. The molecule has 94 valence electrons. The highest BCUT2D eigenvalue weighted by atomic mass is 16.5. The van der Waals surface area contributed by atoms with Crippen molar-refractivity contribution < 1.29 is 9.53 Å². The second-order valence-corrected chi connectivity index (χ2v) is 3.91. The third-order valence-electron chi connectivity index (χ3n) is 2.47. The molecule has 0 fully saturated rings. The van der Waals surface area contributed by atoms with Crippen LogP contribution in [0, 0.1) is 0 Å². The Labute approximate surface area is 102 Å². The van der Waals surface area contributed by atoms with Gasteiger partial charge in [0.1, 0.15) is 0 Å². The zero-order valence-electron chi connectivity index (χ0n) is 10.4. The fourth-order valence-electron chi connectivity index (χ4n) is 1.53. The predicted octanol–water partition coefficient (Wildman–Crippen LogP) is 1.87. The second kappa shape index (κ2) is 6.91. The highest BCUT2D eigenvalue weighted by Crippen LogP contribution is 2.15. The number of carbonyl (C=O) groups is 1. The maximum atomic E-state index is 11.6. The van der Waals surface area contributed by atoms with Crippen molar-refractivity contribution in [3.8, 4) is 0 Å². The second-order valence-electron chi connectivity index (χ2n) is 3.91. The molecule has 0 aliphatic carbocycles. The molecule has 3 N–H and O–H groups in total. The van der Waals surface area contributed by atoms with Crippen LogP contribution in [-0.2, 0) is 9.53 Å². The normalized spacial score (nSPS) is 12.1. The van der Waals surface area contributed by atoms with E-state index in [0.29, 0.717) is 25.3 Å². The summed E-state index contributed by atoms with van der Waals surface area (Å²) in [5.74, 6) is -0.00613. The zero-order valence-corrected chi connectivity index (χ0v) is 10.4. The Morgan fingerprint density at radius 2 is 2.29 bits per heavy atom. The molecule has 1 aromatic carbocycles. The molecule has 1 unspecified atom stereocenters. The van der Waals surface area contributed by atoms with Gasteiger partial charge in [0.05, 0.1) is 12.6 Å². The van der Waals surface area contributed by atoms with Gasteiger partial charge in [-0.2, -0.15) is 0 Å². The molecular formula is C13H20N2O2. The molecule has 4 nitrogen and oxygen atoms in total. The van der Waals surface area contributed by atoms with Crippen molar-refractivity contribution in [3.63, 3.8) is 0 Å². The molecule has 0 saturated heterocycles. The molecule has 0 aliphatic rings. The lowest BCUT2D eigenvalue weighted by atomic mass is 10.1. The summed E-state index contributed by atoms with van der Waals surface area (Å²) in [5, 5.41) is 2.91. The molecule has 1 rings (SSSR count). The molecule has 17 heavy (non-hydrogen) atoms. The molecule has 1 amide bonds. The summed E-state index contributed by atoms with van der Waals surface area (Å²) in [6, 6.07) is 7.49. The summed E-state index contributed by atoms with van der Waals surface area (Å²) in [6.45, 7) is 4.95. The number of ether oxygens (including phenoxy) is 1. The number of anilines is 1. The van der Waals surface area contributed by atoms with E-state index >= 15 is 0 Å². The van der Waals surface area contributed by atoms with E-state index in [1.165, 1.54) is 0 Å². The molecule has 0 spiro atoms. The number of hydrogen-bond donors (Lipinski definition) is 2. The van der Waals surface area contributed by atoms with Crippen LogP contribution in [0.2, 0.25) is 0 Å². The van der Waals surface area contributed by atoms with Gasteiger partial charge in [-0.25, -0.2) is 0 Å². The maximum absolute atomic E-state index is 11.6. The first-order chi connectivity index (χ1) is 8.13. The Hall–Kier alpha value is -1.55. The molecule has 1 aromatic rings. The van der Waals surface area contributed by atoms with Crippen LogP contribution in [0.5, 0.6) is 0 Å². The van der Waals surface area contributed by atoms with Crippen molar-refractivity contribution in [1.29, 1.82) is 0 Å². The molecule has 0 bridgehead atoms. The number of benzene rings is 1. The van der Waals surface area contributed by atoms with Gasteiger partial charge in [-0.05, 0) is 31.5 Å². The average molecular weight is 236 g/mol. The number of rotatable bonds is 6. The van der Waals surface area contributed by atoms with Crippen LogP contribution in [0.15, 0.2) is 24.3 Å². The Balaban J connectivity index is 2.43. The van der Waals surface area contributed by atoms with Gasteiger partial charge < -0.3 is 15.8 Å². The van der Waals surface area contributed by atoms with Gasteiger partial charge in [-0.3, -0.25) is 4.79 Å². The fourth-order valence-corrected chi connectivity index (χ4v) is 1.53. The van der Waals surface area contributed by atoms with Crippen LogP contribution in [0.4, 0.5) is 5.69 Å². The SMILES string of the molecule is CCOCCC(=O)NC(C)c1cccc(N)c1. The van der Waals surface area contributed by atoms with Crippen LogP contribution in [0.25, 0.3) is 0 Å². The Bertz CT molecular complexity index is 366. The van der Waals surface area contributed by atoms with E-state index in [1.54, 1.807) is 0 Å². The van der Waals surface area contributed by atoms with Gasteiger partial charge in [0.15, 0.2) is 0 Å². The van der Waals surface area contributed by atoms with Crippen LogP contribution >= 0.6 is 0 Å². The summed E-state index contributed by atoms with van der Waals surface area (Å²) >= 11 is 0. The number of hydrogen-bond acceptors (Lipinski definition) is 3. The molecule has 0 aliphatic heterocycles. The van der Waals surface area contributed by atoms with Crippen molar-refractivity contribution in [1.82, 2.24) is 5.32 Å². The summed E-state index contributed by atoms with van der Waals surface area (Å²) in [4.78, 5) is 11.6. The minimum Gasteiger partial charge on any atom is -0.399 e. The summed E-state index contributed by atoms with van der Waals surface area (Å²) in [6.07, 6.45) is 0.389. The van der Waals surface area contributed by atoms with E-state index in [0.717, 1.165) is 5.56 Å². The molecule has 0 aromatic heterocycles. The third kappa shape index (κ3) is 4.87. The van der Waals surface area contributed by atoms with Crippen molar-refractivity contribution in [2.75, 3.05) is 18.9 Å². The van der Waals surface area contributed by atoms with Crippen LogP contribution in [0.3, 0.4) is 0 Å². The first-order valence-corrected chi connectivity index (χ1v) is 5.86. The van der Waals surface area contributed by atoms with Crippen molar-refractivity contribution in [2.45, 2.75) is 26.3 Å². The minimum atomic E-state index is -0.0346. The summed E-state index contributed by atoms with van der Waals surface area (Å²) in [5.41, 5.74) is 7.41. The number of amides is 1. The number of nitrogen functional groups attached to an aromatic ring is 1. The van der Waals surface area contributed by atoms with Gasteiger partial charge in [0, 0.05) is 18.7 Å². The molecule has 1 atom stereocenters. The van der Waals surface area contributed by atoms with E-state index in [4.69, 9.17) is 10.5 Å². The first-order valence-electron chi connectivity index (χ1n) is 5.86. The maximum Gasteiger partial charge on any atom is 0.222 e. The van der Waals surface area contributed by atoms with E-state index in [2.05, 4.69) is 5.32 Å². The zero-order chi connectivity index (χ0) is 12.7. The van der Waals surface area contributed by atoms with Crippen LogP contribution in [-0.4, -0.2) is 19.1 Å².